The van der Waals surface area contributed by atoms with E-state index in [4.69, 9.17) is 0 Å². The fraction of sp³-hybridized carbons (Fsp3) is 0.182. The monoisotopic (exact) mass is 203 g/mol. The lowest BCUT2D eigenvalue weighted by molar-refractivity contribution is 0.624. The van der Waals surface area contributed by atoms with Crippen molar-refractivity contribution in [2.24, 2.45) is 0 Å². The zero-order valence-corrected chi connectivity index (χ0v) is 8.07. The first-order chi connectivity index (χ1) is 7.33. The Morgan fingerprint density at radius 1 is 1.33 bits per heavy atom. The lowest BCUT2D eigenvalue weighted by Crippen LogP contribution is -2.05. The van der Waals surface area contributed by atoms with Crippen LogP contribution in [0.4, 0.5) is 4.39 Å². The van der Waals surface area contributed by atoms with E-state index >= 15 is 0 Å². The minimum atomic E-state index is -0.235. The van der Waals surface area contributed by atoms with E-state index in [2.05, 4.69) is 10.4 Å². The molecule has 0 spiro atoms. The maximum Gasteiger partial charge on any atom is 0.125 e. The summed E-state index contributed by atoms with van der Waals surface area (Å²) < 4.78 is 14.7. The first-order valence-corrected chi connectivity index (χ1v) is 4.87. The number of hydrogen-bond donors (Lipinski definition) is 1. The third-order valence-corrected chi connectivity index (χ3v) is 2.56. The molecular weight excluding hydrogens is 193 g/mol. The van der Waals surface area contributed by atoms with Crippen molar-refractivity contribution < 1.29 is 4.39 Å². The molecule has 0 radical (unpaired) electrons. The standard InChI is InChI=1S/C11H10FN3/c12-9-2-1-3-10(4-9)15-7-8-5-13-6-11(8)14-15/h1-4,7,13H,5-6H2. The Balaban J connectivity index is 2.06. The summed E-state index contributed by atoms with van der Waals surface area (Å²) in [5.74, 6) is -0.235. The highest BCUT2D eigenvalue weighted by Crippen LogP contribution is 2.16. The molecule has 1 N–H and O–H groups in total. The molecule has 15 heavy (non-hydrogen) atoms. The molecule has 1 aromatic heterocycles. The molecular formula is C11H10FN3. The number of rotatable bonds is 1. The van der Waals surface area contributed by atoms with Gasteiger partial charge in [-0.3, -0.25) is 0 Å². The van der Waals surface area contributed by atoms with Crippen LogP contribution in [-0.4, -0.2) is 9.78 Å². The predicted octanol–water partition coefficient (Wildman–Crippen LogP) is 1.61. The largest absolute Gasteiger partial charge is 0.307 e. The smallest absolute Gasteiger partial charge is 0.125 e. The van der Waals surface area contributed by atoms with Gasteiger partial charge < -0.3 is 5.32 Å². The molecule has 3 rings (SSSR count). The Morgan fingerprint density at radius 3 is 3.07 bits per heavy atom. The summed E-state index contributed by atoms with van der Waals surface area (Å²) in [4.78, 5) is 0. The maximum absolute atomic E-state index is 13.0. The Kier molecular flexibility index (Phi) is 1.82. The first kappa shape index (κ1) is 8.61. The van der Waals surface area contributed by atoms with Crippen molar-refractivity contribution in [3.63, 3.8) is 0 Å². The number of aromatic nitrogens is 2. The SMILES string of the molecule is Fc1cccc(-n2cc3c(n2)CNC3)c1. The molecule has 4 heteroatoms. The van der Waals surface area contributed by atoms with Crippen LogP contribution in [0.5, 0.6) is 0 Å². The van der Waals surface area contributed by atoms with Crippen LogP contribution in [0.25, 0.3) is 5.69 Å². The van der Waals surface area contributed by atoms with Crippen LogP contribution in [0.3, 0.4) is 0 Å². The van der Waals surface area contributed by atoms with E-state index in [1.807, 2.05) is 12.3 Å². The second-order valence-corrected chi connectivity index (χ2v) is 3.63. The predicted molar refractivity (Wildman–Crippen MR) is 54.1 cm³/mol. The quantitative estimate of drug-likeness (QED) is 0.763. The molecule has 0 amide bonds. The Labute approximate surface area is 86.5 Å². The number of benzene rings is 1. The van der Waals surface area contributed by atoms with Crippen LogP contribution in [-0.2, 0) is 13.1 Å². The first-order valence-electron chi connectivity index (χ1n) is 4.87. The molecule has 76 valence electrons. The summed E-state index contributed by atoms with van der Waals surface area (Å²) in [6.07, 6.45) is 1.95. The Hall–Kier alpha value is -1.68. The molecule has 0 saturated carbocycles. The van der Waals surface area contributed by atoms with Crippen molar-refractivity contribution in [2.75, 3.05) is 0 Å². The minimum absolute atomic E-state index is 0.235. The van der Waals surface area contributed by atoms with Gasteiger partial charge in [-0.1, -0.05) is 6.07 Å². The van der Waals surface area contributed by atoms with Crippen LogP contribution >= 0.6 is 0 Å². The van der Waals surface area contributed by atoms with Gasteiger partial charge in [0.2, 0.25) is 0 Å². The van der Waals surface area contributed by atoms with Gasteiger partial charge in [-0.2, -0.15) is 5.10 Å². The second-order valence-electron chi connectivity index (χ2n) is 3.63. The number of halogens is 1. The van der Waals surface area contributed by atoms with E-state index < -0.39 is 0 Å². The molecule has 0 fully saturated rings. The van der Waals surface area contributed by atoms with Crippen LogP contribution in [0, 0.1) is 5.82 Å². The van der Waals surface area contributed by atoms with Crippen LogP contribution in [0.1, 0.15) is 11.3 Å². The Bertz CT molecular complexity index is 483. The van der Waals surface area contributed by atoms with Crippen LogP contribution in [0.15, 0.2) is 30.5 Å². The average Bonchev–Trinajstić information content (AvgIpc) is 2.76. The maximum atomic E-state index is 13.0. The topological polar surface area (TPSA) is 29.9 Å². The van der Waals surface area contributed by atoms with Crippen molar-refractivity contribution in [1.82, 2.24) is 15.1 Å². The van der Waals surface area contributed by atoms with Gasteiger partial charge in [0.25, 0.3) is 0 Å². The third kappa shape index (κ3) is 1.43. The summed E-state index contributed by atoms with van der Waals surface area (Å²) >= 11 is 0. The van der Waals surface area contributed by atoms with E-state index in [0.717, 1.165) is 24.5 Å². The molecule has 0 saturated heterocycles. The molecule has 0 unspecified atom stereocenters. The number of hydrogen-bond acceptors (Lipinski definition) is 2. The summed E-state index contributed by atoms with van der Waals surface area (Å²) in [5.41, 5.74) is 3.02. The number of nitrogens with zero attached hydrogens (tertiary/aromatic N) is 2. The molecule has 0 atom stereocenters. The highest BCUT2D eigenvalue weighted by Gasteiger charge is 2.14. The van der Waals surface area contributed by atoms with E-state index in [1.165, 1.54) is 17.7 Å². The lowest BCUT2D eigenvalue weighted by Gasteiger charge is -2.01. The van der Waals surface area contributed by atoms with Crippen LogP contribution in [0.2, 0.25) is 0 Å². The van der Waals surface area contributed by atoms with E-state index in [0.29, 0.717) is 0 Å². The minimum Gasteiger partial charge on any atom is -0.307 e. The van der Waals surface area contributed by atoms with Gasteiger partial charge >= 0.3 is 0 Å². The molecule has 2 aromatic rings. The summed E-state index contributed by atoms with van der Waals surface area (Å²) in [6.45, 7) is 1.66. The lowest BCUT2D eigenvalue weighted by atomic mass is 10.3. The molecule has 2 heterocycles. The molecule has 3 nitrogen and oxygen atoms in total. The summed E-state index contributed by atoms with van der Waals surface area (Å²) in [5, 5.41) is 7.60. The van der Waals surface area contributed by atoms with Gasteiger partial charge in [0.15, 0.2) is 0 Å². The molecule has 1 aliphatic heterocycles. The fourth-order valence-corrected chi connectivity index (χ4v) is 1.81. The summed E-state index contributed by atoms with van der Waals surface area (Å²) in [6, 6.07) is 6.45. The molecule has 0 aliphatic carbocycles. The second kappa shape index (κ2) is 3.17. The van der Waals surface area contributed by atoms with Gasteiger partial charge in [0.1, 0.15) is 5.82 Å². The van der Waals surface area contributed by atoms with Crippen molar-refractivity contribution in [3.8, 4) is 5.69 Å². The Morgan fingerprint density at radius 2 is 2.27 bits per heavy atom. The molecule has 0 bridgehead atoms. The zero-order chi connectivity index (χ0) is 10.3. The zero-order valence-electron chi connectivity index (χ0n) is 8.07. The van der Waals surface area contributed by atoms with Crippen LogP contribution < -0.4 is 5.32 Å². The molecule has 1 aliphatic rings. The molecule has 1 aromatic carbocycles. The van der Waals surface area contributed by atoms with Crippen molar-refractivity contribution in [3.05, 3.63) is 47.5 Å². The van der Waals surface area contributed by atoms with Gasteiger partial charge in [-0.25, -0.2) is 9.07 Å². The third-order valence-electron chi connectivity index (χ3n) is 2.56. The highest BCUT2D eigenvalue weighted by atomic mass is 19.1. The van der Waals surface area contributed by atoms with Gasteiger partial charge in [0, 0.05) is 24.8 Å². The van der Waals surface area contributed by atoms with E-state index in [1.54, 1.807) is 10.7 Å². The van der Waals surface area contributed by atoms with Gasteiger partial charge in [0.05, 0.1) is 11.4 Å². The highest BCUT2D eigenvalue weighted by molar-refractivity contribution is 5.34. The van der Waals surface area contributed by atoms with Gasteiger partial charge in [-0.15, -0.1) is 0 Å². The van der Waals surface area contributed by atoms with Crippen molar-refractivity contribution in [2.45, 2.75) is 13.1 Å². The normalized spacial score (nSPS) is 14.2. The van der Waals surface area contributed by atoms with Crippen molar-refractivity contribution >= 4 is 0 Å². The fourth-order valence-electron chi connectivity index (χ4n) is 1.81. The number of nitrogens with one attached hydrogen (secondary N) is 1. The number of fused-ring (bicyclic) bond motifs is 1. The van der Waals surface area contributed by atoms with E-state index in [9.17, 15) is 4.39 Å². The van der Waals surface area contributed by atoms with Crippen molar-refractivity contribution in [1.29, 1.82) is 0 Å². The average molecular weight is 203 g/mol. The van der Waals surface area contributed by atoms with Gasteiger partial charge in [-0.05, 0) is 18.2 Å². The summed E-state index contributed by atoms with van der Waals surface area (Å²) in [7, 11) is 0. The van der Waals surface area contributed by atoms with E-state index in [-0.39, 0.29) is 5.82 Å².